The first-order valence-electron chi connectivity index (χ1n) is 5.25. The van der Waals surface area contributed by atoms with Gasteiger partial charge in [0.05, 0.1) is 11.8 Å². The Kier molecular flexibility index (Phi) is 3.26. The van der Waals surface area contributed by atoms with Crippen LogP contribution in [0.3, 0.4) is 0 Å². The van der Waals surface area contributed by atoms with Crippen molar-refractivity contribution in [1.82, 2.24) is 9.97 Å². The number of H-pyrrole nitrogens is 2. The largest absolute Gasteiger partial charge is 0.325 e. The van der Waals surface area contributed by atoms with Gasteiger partial charge in [0.15, 0.2) is 0 Å². The van der Waals surface area contributed by atoms with Gasteiger partial charge in [0.2, 0.25) is 10.0 Å². The molecule has 0 atom stereocenters. The molecule has 1 heterocycles. The lowest BCUT2D eigenvalue weighted by Crippen LogP contribution is -2.22. The molecule has 0 saturated heterocycles. The molecule has 0 bridgehead atoms. The molecule has 0 fully saturated rings. The van der Waals surface area contributed by atoms with Gasteiger partial charge >= 0.3 is 5.69 Å². The SMILES string of the molecule is CS(=O)(=O)Nc1cccc(-c2c[nH]c(=O)[nH]c2=O)c1. The number of nitrogens with one attached hydrogen (secondary N) is 3. The van der Waals surface area contributed by atoms with Gasteiger partial charge in [-0.25, -0.2) is 13.2 Å². The van der Waals surface area contributed by atoms with Gasteiger partial charge in [-0.15, -0.1) is 0 Å². The summed E-state index contributed by atoms with van der Waals surface area (Å²) in [7, 11) is -3.39. The zero-order valence-electron chi connectivity index (χ0n) is 9.93. The fourth-order valence-corrected chi connectivity index (χ4v) is 2.14. The van der Waals surface area contributed by atoms with Crippen molar-refractivity contribution in [2.75, 3.05) is 11.0 Å². The van der Waals surface area contributed by atoms with E-state index in [-0.39, 0.29) is 5.56 Å². The van der Waals surface area contributed by atoms with E-state index in [4.69, 9.17) is 0 Å². The predicted octanol–water partition coefficient (Wildman–Crippen LogP) is 0.102. The van der Waals surface area contributed by atoms with Gasteiger partial charge in [-0.1, -0.05) is 12.1 Å². The Labute approximate surface area is 108 Å². The molecule has 0 radical (unpaired) electrons. The first kappa shape index (κ1) is 13.1. The molecular formula is C11H11N3O4S. The quantitative estimate of drug-likeness (QED) is 0.740. The van der Waals surface area contributed by atoms with E-state index in [0.717, 1.165) is 6.26 Å². The van der Waals surface area contributed by atoms with Crippen LogP contribution in [-0.4, -0.2) is 24.6 Å². The topological polar surface area (TPSA) is 112 Å². The zero-order valence-corrected chi connectivity index (χ0v) is 10.7. The molecule has 0 amide bonds. The second-order valence-corrected chi connectivity index (χ2v) is 5.69. The number of hydrogen-bond donors (Lipinski definition) is 3. The highest BCUT2D eigenvalue weighted by Gasteiger charge is 2.06. The lowest BCUT2D eigenvalue weighted by molar-refractivity contribution is 0.607. The second kappa shape index (κ2) is 4.73. The molecule has 0 spiro atoms. The average Bonchev–Trinajstić information content (AvgIpc) is 2.26. The number of benzene rings is 1. The highest BCUT2D eigenvalue weighted by atomic mass is 32.2. The van der Waals surface area contributed by atoms with Crippen molar-refractivity contribution >= 4 is 15.7 Å². The first-order chi connectivity index (χ1) is 8.85. The molecule has 0 unspecified atom stereocenters. The van der Waals surface area contributed by atoms with Crippen LogP contribution in [-0.2, 0) is 10.0 Å². The Morgan fingerprint density at radius 3 is 2.58 bits per heavy atom. The fourth-order valence-electron chi connectivity index (χ4n) is 1.59. The Morgan fingerprint density at radius 2 is 1.95 bits per heavy atom. The van der Waals surface area contributed by atoms with Gasteiger partial charge < -0.3 is 4.98 Å². The van der Waals surface area contributed by atoms with E-state index in [0.29, 0.717) is 11.3 Å². The van der Waals surface area contributed by atoms with Crippen LogP contribution < -0.4 is 16.0 Å². The third kappa shape index (κ3) is 3.32. The number of anilines is 1. The summed E-state index contributed by atoms with van der Waals surface area (Å²) in [5.41, 5.74) is -0.0621. The van der Waals surface area contributed by atoms with Gasteiger partial charge in [-0.3, -0.25) is 14.5 Å². The van der Waals surface area contributed by atoms with Crippen LogP contribution in [0.15, 0.2) is 40.1 Å². The van der Waals surface area contributed by atoms with Crippen molar-refractivity contribution in [3.05, 3.63) is 51.3 Å². The van der Waals surface area contributed by atoms with Crippen molar-refractivity contribution in [2.45, 2.75) is 0 Å². The standard InChI is InChI=1S/C11H11N3O4S/c1-19(17,18)14-8-4-2-3-7(5-8)9-6-12-11(16)13-10(9)15/h2-6,14H,1H3,(H2,12,13,15,16). The average molecular weight is 281 g/mol. The number of aromatic amines is 2. The number of sulfonamides is 1. The van der Waals surface area contributed by atoms with E-state index in [1.165, 1.54) is 12.3 Å². The normalized spacial score (nSPS) is 11.2. The maximum Gasteiger partial charge on any atom is 0.325 e. The summed E-state index contributed by atoms with van der Waals surface area (Å²) in [5, 5.41) is 0. The van der Waals surface area contributed by atoms with E-state index in [1.54, 1.807) is 18.2 Å². The molecule has 19 heavy (non-hydrogen) atoms. The summed E-state index contributed by atoms with van der Waals surface area (Å²) in [4.78, 5) is 27.0. The van der Waals surface area contributed by atoms with E-state index >= 15 is 0 Å². The van der Waals surface area contributed by atoms with Crippen LogP contribution in [0, 0.1) is 0 Å². The molecule has 2 rings (SSSR count). The van der Waals surface area contributed by atoms with Gasteiger partial charge in [-0.2, -0.15) is 0 Å². The molecule has 2 aromatic rings. The van der Waals surface area contributed by atoms with Gasteiger partial charge in [0, 0.05) is 11.9 Å². The molecule has 8 heteroatoms. The molecular weight excluding hydrogens is 270 g/mol. The van der Waals surface area contributed by atoms with E-state index in [2.05, 4.69) is 14.7 Å². The minimum absolute atomic E-state index is 0.247. The molecule has 1 aromatic carbocycles. The van der Waals surface area contributed by atoms with Crippen LogP contribution in [0.4, 0.5) is 5.69 Å². The maximum absolute atomic E-state index is 11.6. The second-order valence-electron chi connectivity index (χ2n) is 3.94. The fraction of sp³-hybridized carbons (Fsp3) is 0.0909. The summed E-state index contributed by atoms with van der Waals surface area (Å²) in [6.45, 7) is 0. The molecule has 3 N–H and O–H groups in total. The minimum Gasteiger partial charge on any atom is -0.313 e. The molecule has 100 valence electrons. The summed E-state index contributed by atoms with van der Waals surface area (Å²) in [6.07, 6.45) is 2.31. The number of rotatable bonds is 3. The summed E-state index contributed by atoms with van der Waals surface area (Å²) >= 11 is 0. The van der Waals surface area contributed by atoms with Crippen molar-refractivity contribution in [2.24, 2.45) is 0 Å². The molecule has 0 saturated carbocycles. The van der Waals surface area contributed by atoms with Gasteiger partial charge in [-0.05, 0) is 17.7 Å². The number of hydrogen-bond acceptors (Lipinski definition) is 4. The summed E-state index contributed by atoms with van der Waals surface area (Å²) in [6, 6.07) is 6.30. The third-order valence-electron chi connectivity index (χ3n) is 2.30. The molecule has 1 aromatic heterocycles. The van der Waals surface area contributed by atoms with Crippen molar-refractivity contribution in [3.8, 4) is 11.1 Å². The summed E-state index contributed by atoms with van der Waals surface area (Å²) < 4.78 is 24.6. The molecule has 0 aliphatic carbocycles. The Hall–Kier alpha value is -2.35. The highest BCUT2D eigenvalue weighted by Crippen LogP contribution is 2.19. The summed E-state index contributed by atoms with van der Waals surface area (Å²) in [5.74, 6) is 0. The third-order valence-corrected chi connectivity index (χ3v) is 2.90. The van der Waals surface area contributed by atoms with Crippen LogP contribution >= 0.6 is 0 Å². The van der Waals surface area contributed by atoms with E-state index in [1.807, 2.05) is 0 Å². The van der Waals surface area contributed by atoms with Crippen LogP contribution in [0.25, 0.3) is 11.1 Å². The Morgan fingerprint density at radius 1 is 1.21 bits per heavy atom. The molecule has 0 aliphatic rings. The Balaban J connectivity index is 2.49. The van der Waals surface area contributed by atoms with E-state index < -0.39 is 21.3 Å². The monoisotopic (exact) mass is 281 g/mol. The maximum atomic E-state index is 11.6. The lowest BCUT2D eigenvalue weighted by atomic mass is 10.1. The Bertz CT molecular complexity index is 820. The van der Waals surface area contributed by atoms with E-state index in [9.17, 15) is 18.0 Å². The predicted molar refractivity (Wildman–Crippen MR) is 71.6 cm³/mol. The van der Waals surface area contributed by atoms with Crippen LogP contribution in [0.1, 0.15) is 0 Å². The number of aromatic nitrogens is 2. The highest BCUT2D eigenvalue weighted by molar-refractivity contribution is 7.92. The van der Waals surface area contributed by atoms with Crippen LogP contribution in [0.5, 0.6) is 0 Å². The lowest BCUT2D eigenvalue weighted by Gasteiger charge is -2.06. The van der Waals surface area contributed by atoms with Crippen molar-refractivity contribution in [3.63, 3.8) is 0 Å². The van der Waals surface area contributed by atoms with Crippen LogP contribution in [0.2, 0.25) is 0 Å². The molecule has 7 nitrogen and oxygen atoms in total. The molecule has 0 aliphatic heterocycles. The zero-order chi connectivity index (χ0) is 14.0. The van der Waals surface area contributed by atoms with Gasteiger partial charge in [0.1, 0.15) is 0 Å². The minimum atomic E-state index is -3.39. The smallest absolute Gasteiger partial charge is 0.313 e. The van der Waals surface area contributed by atoms with Gasteiger partial charge in [0.25, 0.3) is 5.56 Å². The van der Waals surface area contributed by atoms with Crippen molar-refractivity contribution < 1.29 is 8.42 Å². The van der Waals surface area contributed by atoms with Crippen molar-refractivity contribution in [1.29, 1.82) is 0 Å². The first-order valence-corrected chi connectivity index (χ1v) is 7.14.